The van der Waals surface area contributed by atoms with Crippen molar-refractivity contribution in [3.05, 3.63) is 77.0 Å². The summed E-state index contributed by atoms with van der Waals surface area (Å²) < 4.78 is 36.2. The number of fused-ring (bicyclic) bond motifs is 1. The number of benzene rings is 2. The number of alkyl halides is 3. The van der Waals surface area contributed by atoms with Gasteiger partial charge in [0.25, 0.3) is 0 Å². The van der Waals surface area contributed by atoms with Crippen molar-refractivity contribution >= 4 is 36.1 Å². The zero-order valence-corrected chi connectivity index (χ0v) is 35.1. The minimum Gasteiger partial charge on any atom is -0.465 e. The van der Waals surface area contributed by atoms with E-state index in [1.54, 1.807) is 19.2 Å². The molecule has 10 nitrogen and oxygen atoms in total. The average Bonchev–Trinajstić information content (AvgIpc) is 3.51. The second-order valence-corrected chi connectivity index (χ2v) is 16.0. The van der Waals surface area contributed by atoms with E-state index in [9.17, 15) is 27.6 Å². The van der Waals surface area contributed by atoms with E-state index >= 15 is 0 Å². The van der Waals surface area contributed by atoms with Crippen molar-refractivity contribution in [2.24, 2.45) is 11.3 Å². The number of rotatable bonds is 7. The molecular formula is C41H65ClF3N5O5. The molecule has 0 spiro atoms. The molecule has 2 unspecified atom stereocenters. The van der Waals surface area contributed by atoms with E-state index in [4.69, 9.17) is 21.5 Å². The van der Waals surface area contributed by atoms with Gasteiger partial charge in [-0.2, -0.15) is 13.2 Å². The molecule has 0 bridgehead atoms. The van der Waals surface area contributed by atoms with Crippen LogP contribution >= 0.6 is 11.6 Å². The lowest BCUT2D eigenvalue weighted by atomic mass is 9.93. The zero-order chi connectivity index (χ0) is 42.4. The zero-order valence-electron chi connectivity index (χ0n) is 34.4. The van der Waals surface area contributed by atoms with Crippen molar-refractivity contribution in [1.82, 2.24) is 20.6 Å². The predicted octanol–water partition coefficient (Wildman–Crippen LogP) is 9.78. The molecule has 0 radical (unpaired) electrons. The molecule has 2 aliphatic heterocycles. The number of hydrogen-bond donors (Lipinski definition) is 4. The number of amides is 2. The smallest absolute Gasteiger partial charge is 0.416 e. The van der Waals surface area contributed by atoms with Crippen molar-refractivity contribution in [2.75, 3.05) is 26.0 Å². The summed E-state index contributed by atoms with van der Waals surface area (Å²) in [5.74, 6) is 0.778. The largest absolute Gasteiger partial charge is 0.465 e. The summed E-state index contributed by atoms with van der Waals surface area (Å²) >= 11 is 5.92. The monoisotopic (exact) mass is 799 g/mol. The summed E-state index contributed by atoms with van der Waals surface area (Å²) in [6.45, 7) is 22.0. The molecule has 3 aliphatic rings. The number of carboxylic acid groups (broad SMARTS) is 1. The number of nitrogens with zero attached hydrogens (tertiary/aromatic N) is 2. The molecule has 2 amide bonds. The number of carbonyl (C=O) groups excluding carboxylic acids is 2. The van der Waals surface area contributed by atoms with Gasteiger partial charge in [0.1, 0.15) is 6.29 Å². The third kappa shape index (κ3) is 23.7. The summed E-state index contributed by atoms with van der Waals surface area (Å²) in [4.78, 5) is 39.0. The number of hydroxylamine groups is 1. The number of aldehydes is 1. The van der Waals surface area contributed by atoms with Crippen LogP contribution in [0.15, 0.2) is 55.2 Å². The summed E-state index contributed by atoms with van der Waals surface area (Å²) in [7, 11) is 3.77. The van der Waals surface area contributed by atoms with Gasteiger partial charge in [-0.15, -0.1) is 0 Å². The highest BCUT2D eigenvalue weighted by Gasteiger charge is 2.34. The van der Waals surface area contributed by atoms with Gasteiger partial charge in [-0.05, 0) is 107 Å². The van der Waals surface area contributed by atoms with Crippen molar-refractivity contribution in [3.8, 4) is 0 Å². The van der Waals surface area contributed by atoms with Gasteiger partial charge in [-0.25, -0.2) is 4.79 Å². The fraction of sp³-hybridized carbons (Fsp3) is 0.585. The number of likely N-dealkylation sites (tertiary alicyclic amines) is 1. The fourth-order valence-corrected chi connectivity index (χ4v) is 5.16. The van der Waals surface area contributed by atoms with Crippen LogP contribution < -0.4 is 16.1 Å². The topological polar surface area (TPSA) is 123 Å². The normalized spacial score (nSPS) is 18.2. The molecule has 1 saturated heterocycles. The first-order valence-electron chi connectivity index (χ1n) is 18.5. The summed E-state index contributed by atoms with van der Waals surface area (Å²) in [6, 6.07) is 11.9. The van der Waals surface area contributed by atoms with E-state index in [0.717, 1.165) is 47.9 Å². The second-order valence-electron chi connectivity index (χ2n) is 15.6. The van der Waals surface area contributed by atoms with Crippen LogP contribution in [0.3, 0.4) is 0 Å². The first-order chi connectivity index (χ1) is 25.5. The van der Waals surface area contributed by atoms with Gasteiger partial charge < -0.3 is 25.4 Å². The minimum atomic E-state index is -4.26. The molecule has 14 heteroatoms. The molecule has 2 aromatic rings. The van der Waals surface area contributed by atoms with E-state index in [0.29, 0.717) is 36.3 Å². The van der Waals surface area contributed by atoms with Gasteiger partial charge in [0, 0.05) is 49.0 Å². The van der Waals surface area contributed by atoms with Crippen LogP contribution in [0.5, 0.6) is 0 Å². The lowest BCUT2D eigenvalue weighted by Gasteiger charge is -2.17. The number of carbonyl (C=O) groups is 3. The Morgan fingerprint density at radius 3 is 2.05 bits per heavy atom. The lowest BCUT2D eigenvalue weighted by Crippen LogP contribution is -2.25. The molecule has 2 fully saturated rings. The molecule has 3 atom stereocenters. The van der Waals surface area contributed by atoms with E-state index in [2.05, 4.69) is 48.5 Å². The lowest BCUT2D eigenvalue weighted by molar-refractivity contribution is -0.137. The molecule has 0 aromatic heterocycles. The highest BCUT2D eigenvalue weighted by atomic mass is 35.5. The predicted molar refractivity (Wildman–Crippen MR) is 217 cm³/mol. The number of anilines is 1. The maximum absolute atomic E-state index is 12.1. The summed E-state index contributed by atoms with van der Waals surface area (Å²) in [5.41, 5.74) is 4.38. The van der Waals surface area contributed by atoms with Crippen molar-refractivity contribution in [1.29, 1.82) is 0 Å². The Morgan fingerprint density at radius 2 is 1.71 bits per heavy atom. The van der Waals surface area contributed by atoms with Gasteiger partial charge in [0.15, 0.2) is 0 Å². The van der Waals surface area contributed by atoms with Gasteiger partial charge in [-0.1, -0.05) is 70.5 Å². The Kier molecular flexibility index (Phi) is 23.6. The van der Waals surface area contributed by atoms with Crippen LogP contribution in [0, 0.1) is 11.3 Å². The Bertz CT molecular complexity index is 1420. The van der Waals surface area contributed by atoms with Crippen LogP contribution in [-0.2, 0) is 33.7 Å². The van der Waals surface area contributed by atoms with Crippen molar-refractivity contribution in [3.63, 3.8) is 0 Å². The molecule has 5 rings (SSSR count). The summed E-state index contributed by atoms with van der Waals surface area (Å²) in [5, 5.41) is 14.8. The Labute approximate surface area is 332 Å². The third-order valence-electron chi connectivity index (χ3n) is 8.43. The first-order valence-corrected chi connectivity index (χ1v) is 18.9. The SMILES string of the molecule is C=CNOC(C)(C)C.CC(C)(C)CC=O.CC1CCCN1C.CC[C@@H]1CC1NC=O.CNc1cccc(C(F)(F)F)c1.O=C(O)N1Cc2cccc(Cl)c2C1. The quantitative estimate of drug-likeness (QED) is 0.161. The van der Waals surface area contributed by atoms with E-state index in [1.165, 1.54) is 49.4 Å². The molecule has 2 heterocycles. The second kappa shape index (κ2) is 25.4. The summed E-state index contributed by atoms with van der Waals surface area (Å²) in [6.07, 6.45) is 3.95. The highest BCUT2D eigenvalue weighted by Crippen LogP contribution is 2.32. The fourth-order valence-electron chi connectivity index (χ4n) is 4.90. The standard InChI is InChI=1S/C9H8ClNO2.C8H8F3N.C6H11NO.C6H13NO.C6H13N.C6H12O/c10-8-3-1-2-6-4-11(9(12)13)5-7(6)8;1-12-7-4-2-3-6(5-7)8(9,10)11;1-2-5-3-6(5)7-4-8;1-5-7-8-6(2,3)4;1-6-4-3-5-7(6)2;1-6(2,3)4-5-7/h1-3H,4-5H2,(H,12,13);2-5,12H,1H3;4-6H,2-3H2,1H3,(H,7,8);5,7H,1H2,2-4H3;6H,3-5H2,1-2H3;5H,4H2,1-3H3/t;;5-,6?;;;/m..1.../s1. The van der Waals surface area contributed by atoms with Gasteiger partial charge in [-0.3, -0.25) is 20.0 Å². The molecule has 312 valence electrons. The van der Waals surface area contributed by atoms with Crippen molar-refractivity contribution < 1.29 is 37.5 Å². The van der Waals surface area contributed by atoms with Crippen LogP contribution in [-0.4, -0.2) is 72.0 Å². The Hall–Kier alpha value is -3.81. The van der Waals surface area contributed by atoms with Gasteiger partial charge in [0.2, 0.25) is 6.41 Å². The molecule has 2 aromatic carbocycles. The average molecular weight is 800 g/mol. The van der Waals surface area contributed by atoms with E-state index < -0.39 is 17.8 Å². The number of nitrogens with one attached hydrogen (secondary N) is 3. The molecule has 1 saturated carbocycles. The van der Waals surface area contributed by atoms with Crippen LogP contribution in [0.4, 0.5) is 23.7 Å². The highest BCUT2D eigenvalue weighted by molar-refractivity contribution is 6.31. The van der Waals surface area contributed by atoms with Crippen molar-refractivity contribution in [2.45, 2.75) is 124 Å². The molecule has 1 aliphatic carbocycles. The van der Waals surface area contributed by atoms with Crippen LogP contribution in [0.2, 0.25) is 5.02 Å². The van der Waals surface area contributed by atoms with Crippen LogP contribution in [0.25, 0.3) is 0 Å². The van der Waals surface area contributed by atoms with Gasteiger partial charge >= 0.3 is 12.3 Å². The number of hydrogen-bond acceptors (Lipinski definition) is 7. The molecule has 55 heavy (non-hydrogen) atoms. The molecule has 4 N–H and O–H groups in total. The minimum absolute atomic E-state index is 0.131. The first kappa shape index (κ1) is 51.2. The molecular weight excluding hydrogens is 735 g/mol. The third-order valence-corrected chi connectivity index (χ3v) is 8.79. The Morgan fingerprint density at radius 1 is 1.07 bits per heavy atom. The van der Waals surface area contributed by atoms with Crippen LogP contribution in [0.1, 0.15) is 104 Å². The Balaban J connectivity index is 0.000000649. The van der Waals surface area contributed by atoms with E-state index in [-0.39, 0.29) is 11.0 Å². The maximum atomic E-state index is 12.1. The van der Waals surface area contributed by atoms with Gasteiger partial charge in [0.05, 0.1) is 17.7 Å². The number of halogens is 4. The van der Waals surface area contributed by atoms with E-state index in [1.807, 2.05) is 53.7 Å². The maximum Gasteiger partial charge on any atom is 0.416 e.